The molecular formula is C16H37N3. The Bertz CT molecular complexity index is 135. The van der Waals surface area contributed by atoms with Crippen molar-refractivity contribution in [2.24, 2.45) is 5.84 Å². The fraction of sp³-hybridized carbons (Fsp3) is 1.00. The van der Waals surface area contributed by atoms with Crippen molar-refractivity contribution in [1.82, 2.24) is 11.0 Å². The third-order valence-corrected chi connectivity index (χ3v) is 3.76. The summed E-state index contributed by atoms with van der Waals surface area (Å²) in [7, 11) is 0. The first kappa shape index (κ1) is 18.9. The van der Waals surface area contributed by atoms with E-state index in [-0.39, 0.29) is 0 Å². The molecule has 116 valence electrons. The highest BCUT2D eigenvalue weighted by atomic mass is 15.5. The lowest BCUT2D eigenvalue weighted by molar-refractivity contribution is 0.504. The van der Waals surface area contributed by atoms with Crippen molar-refractivity contribution in [1.29, 1.82) is 0 Å². The molecule has 0 atom stereocenters. The zero-order chi connectivity index (χ0) is 14.0. The Balaban J connectivity index is 2.88. The first-order valence-electron chi connectivity index (χ1n) is 8.60. The summed E-state index contributed by atoms with van der Waals surface area (Å²) in [5, 5.41) is 0. The minimum atomic E-state index is 0.981. The highest BCUT2D eigenvalue weighted by Gasteiger charge is 1.93. The van der Waals surface area contributed by atoms with Gasteiger partial charge in [0, 0.05) is 6.54 Å². The Kier molecular flexibility index (Phi) is 17.8. The molecule has 0 unspecified atom stereocenters. The minimum Gasteiger partial charge on any atom is -0.258 e. The molecule has 0 amide bonds. The average molecular weight is 271 g/mol. The van der Waals surface area contributed by atoms with Crippen LogP contribution in [-0.2, 0) is 0 Å². The molecular weight excluding hydrogens is 234 g/mol. The minimum absolute atomic E-state index is 0.981. The SMILES string of the molecule is CCCCCCCCCCCCCCCCNNN. The van der Waals surface area contributed by atoms with E-state index in [2.05, 4.69) is 17.9 Å². The quantitative estimate of drug-likeness (QED) is 0.221. The van der Waals surface area contributed by atoms with E-state index in [0.717, 1.165) is 6.54 Å². The Morgan fingerprint density at radius 1 is 0.579 bits per heavy atom. The van der Waals surface area contributed by atoms with E-state index in [0.29, 0.717) is 0 Å². The topological polar surface area (TPSA) is 50.1 Å². The van der Waals surface area contributed by atoms with Gasteiger partial charge in [0.2, 0.25) is 0 Å². The molecule has 0 rings (SSSR count). The maximum Gasteiger partial charge on any atom is 0.0113 e. The van der Waals surface area contributed by atoms with E-state index in [1.807, 2.05) is 0 Å². The Morgan fingerprint density at radius 2 is 0.947 bits per heavy atom. The standard InChI is InChI=1S/C16H37N3/c1-2-3-4-5-6-7-8-9-10-11-12-13-14-15-16-18-19-17/h18-19H,2-17H2,1H3. The van der Waals surface area contributed by atoms with Gasteiger partial charge in [-0.25, -0.2) is 5.43 Å². The van der Waals surface area contributed by atoms with Gasteiger partial charge in [0.05, 0.1) is 0 Å². The number of hydrazine groups is 2. The molecule has 3 heteroatoms. The Hall–Kier alpha value is -0.120. The maximum atomic E-state index is 5.12. The van der Waals surface area contributed by atoms with Crippen molar-refractivity contribution in [3.8, 4) is 0 Å². The third-order valence-electron chi connectivity index (χ3n) is 3.76. The largest absolute Gasteiger partial charge is 0.258 e. The van der Waals surface area contributed by atoms with Crippen LogP contribution in [0.25, 0.3) is 0 Å². The van der Waals surface area contributed by atoms with E-state index in [9.17, 15) is 0 Å². The Morgan fingerprint density at radius 3 is 1.32 bits per heavy atom. The molecule has 4 N–H and O–H groups in total. The molecule has 0 radical (unpaired) electrons. The van der Waals surface area contributed by atoms with Gasteiger partial charge in [0.15, 0.2) is 0 Å². The summed E-state index contributed by atoms with van der Waals surface area (Å²) in [5.74, 6) is 5.12. The second kappa shape index (κ2) is 17.9. The lowest BCUT2D eigenvalue weighted by Crippen LogP contribution is -2.38. The lowest BCUT2D eigenvalue weighted by Gasteiger charge is -2.03. The predicted molar refractivity (Wildman–Crippen MR) is 85.6 cm³/mol. The molecule has 19 heavy (non-hydrogen) atoms. The van der Waals surface area contributed by atoms with Crippen LogP contribution in [0.2, 0.25) is 0 Å². The van der Waals surface area contributed by atoms with Gasteiger partial charge in [0.1, 0.15) is 0 Å². The number of hydrogen-bond donors (Lipinski definition) is 3. The van der Waals surface area contributed by atoms with Crippen molar-refractivity contribution in [3.05, 3.63) is 0 Å². The number of hydrogen-bond acceptors (Lipinski definition) is 3. The summed E-state index contributed by atoms with van der Waals surface area (Å²) in [4.78, 5) is 0. The van der Waals surface area contributed by atoms with Crippen LogP contribution in [-0.4, -0.2) is 6.54 Å². The van der Waals surface area contributed by atoms with Gasteiger partial charge >= 0.3 is 0 Å². The van der Waals surface area contributed by atoms with Crippen molar-refractivity contribution in [2.45, 2.75) is 96.8 Å². The molecule has 0 aliphatic heterocycles. The fourth-order valence-corrected chi connectivity index (χ4v) is 2.48. The van der Waals surface area contributed by atoms with Crippen molar-refractivity contribution < 1.29 is 0 Å². The lowest BCUT2D eigenvalue weighted by atomic mass is 10.0. The summed E-state index contributed by atoms with van der Waals surface area (Å²) < 4.78 is 0. The molecule has 0 aliphatic carbocycles. The zero-order valence-corrected chi connectivity index (χ0v) is 13.2. The normalized spacial score (nSPS) is 11.1. The maximum absolute atomic E-state index is 5.12. The summed E-state index contributed by atoms with van der Waals surface area (Å²) in [6.45, 7) is 3.26. The van der Waals surface area contributed by atoms with Gasteiger partial charge in [-0.05, 0) is 6.42 Å². The van der Waals surface area contributed by atoms with Crippen LogP contribution in [0.5, 0.6) is 0 Å². The van der Waals surface area contributed by atoms with E-state index in [1.54, 1.807) is 0 Å². The van der Waals surface area contributed by atoms with Crippen LogP contribution in [0.1, 0.15) is 96.8 Å². The van der Waals surface area contributed by atoms with Crippen molar-refractivity contribution in [2.75, 3.05) is 6.54 Å². The van der Waals surface area contributed by atoms with Crippen molar-refractivity contribution >= 4 is 0 Å². The molecule has 0 spiro atoms. The van der Waals surface area contributed by atoms with E-state index < -0.39 is 0 Å². The van der Waals surface area contributed by atoms with E-state index >= 15 is 0 Å². The number of unbranched alkanes of at least 4 members (excludes halogenated alkanes) is 13. The van der Waals surface area contributed by atoms with Crippen LogP contribution in [0.15, 0.2) is 0 Å². The second-order valence-electron chi connectivity index (χ2n) is 5.67. The predicted octanol–water partition coefficient (Wildman–Crippen LogP) is 4.44. The number of rotatable bonds is 16. The smallest absolute Gasteiger partial charge is 0.0113 e. The second-order valence-corrected chi connectivity index (χ2v) is 5.67. The number of nitrogens with two attached hydrogens (primary N) is 1. The van der Waals surface area contributed by atoms with E-state index in [4.69, 9.17) is 5.84 Å². The molecule has 0 aromatic rings. The van der Waals surface area contributed by atoms with Gasteiger partial charge in [-0.1, -0.05) is 90.4 Å². The first-order chi connectivity index (χ1) is 9.41. The van der Waals surface area contributed by atoms with Crippen LogP contribution in [0, 0.1) is 0 Å². The molecule has 0 heterocycles. The molecule has 3 nitrogen and oxygen atoms in total. The van der Waals surface area contributed by atoms with Crippen LogP contribution < -0.4 is 16.8 Å². The molecule has 0 bridgehead atoms. The third kappa shape index (κ3) is 17.9. The number of nitrogens with one attached hydrogen (secondary N) is 2. The summed E-state index contributed by atoms with van der Waals surface area (Å²) in [5.41, 5.74) is 5.38. The monoisotopic (exact) mass is 271 g/mol. The van der Waals surface area contributed by atoms with Gasteiger partial charge in [0.25, 0.3) is 0 Å². The van der Waals surface area contributed by atoms with Crippen LogP contribution in [0.4, 0.5) is 0 Å². The highest BCUT2D eigenvalue weighted by Crippen LogP contribution is 2.12. The van der Waals surface area contributed by atoms with Gasteiger partial charge in [-0.15, -0.1) is 0 Å². The summed E-state index contributed by atoms with van der Waals surface area (Å²) in [6, 6.07) is 0. The molecule has 0 saturated heterocycles. The fourth-order valence-electron chi connectivity index (χ4n) is 2.48. The first-order valence-corrected chi connectivity index (χ1v) is 8.60. The van der Waals surface area contributed by atoms with Gasteiger partial charge < -0.3 is 0 Å². The van der Waals surface area contributed by atoms with Crippen LogP contribution in [0.3, 0.4) is 0 Å². The molecule has 0 fully saturated rings. The molecule has 0 saturated carbocycles. The summed E-state index contributed by atoms with van der Waals surface area (Å²) in [6.07, 6.45) is 19.7. The average Bonchev–Trinajstić information content (AvgIpc) is 2.43. The van der Waals surface area contributed by atoms with Gasteiger partial charge in [-0.3, -0.25) is 5.84 Å². The van der Waals surface area contributed by atoms with Crippen molar-refractivity contribution in [3.63, 3.8) is 0 Å². The molecule has 0 aromatic heterocycles. The zero-order valence-electron chi connectivity index (χ0n) is 13.2. The Labute approximate surface area is 121 Å². The highest BCUT2D eigenvalue weighted by molar-refractivity contribution is 4.49. The van der Waals surface area contributed by atoms with E-state index in [1.165, 1.54) is 89.9 Å². The van der Waals surface area contributed by atoms with Crippen LogP contribution >= 0.6 is 0 Å². The molecule has 0 aliphatic rings. The van der Waals surface area contributed by atoms with Gasteiger partial charge in [-0.2, -0.15) is 5.53 Å². The molecule has 0 aromatic carbocycles. The summed E-state index contributed by atoms with van der Waals surface area (Å²) >= 11 is 0.